The van der Waals surface area contributed by atoms with Gasteiger partial charge < -0.3 is 0 Å². The number of ether oxygens (including phenoxy) is 1. The third-order valence-electron chi connectivity index (χ3n) is 0.348. The summed E-state index contributed by atoms with van der Waals surface area (Å²) in [6, 6.07) is 0. The van der Waals surface area contributed by atoms with Gasteiger partial charge in [-0.15, -0.1) is 0 Å². The van der Waals surface area contributed by atoms with Crippen molar-refractivity contribution in [2.75, 3.05) is 6.61 Å². The van der Waals surface area contributed by atoms with E-state index < -0.39 is 0 Å². The molecule has 0 bridgehead atoms. The van der Waals surface area contributed by atoms with Gasteiger partial charge in [-0.25, -0.2) is 0 Å². The van der Waals surface area contributed by atoms with Gasteiger partial charge in [-0.05, 0) is 0 Å². The Morgan fingerprint density at radius 2 is 1.06 bits per heavy atom. The van der Waals surface area contributed by atoms with Gasteiger partial charge in [0.25, 0.3) is 0 Å². The Labute approximate surface area is 105 Å². The zero-order valence-electron chi connectivity index (χ0n) is 8.56. The summed E-state index contributed by atoms with van der Waals surface area (Å²) < 4.78 is 43.6. The predicted molar refractivity (Wildman–Crippen MR) is 42.0 cm³/mol. The van der Waals surface area contributed by atoms with E-state index in [2.05, 4.69) is 33.3 Å². The predicted octanol–water partition coefficient (Wildman–Crippen LogP) is 0.532. The van der Waals surface area contributed by atoms with Crippen LogP contribution in [0.3, 0.4) is 0 Å². The Morgan fingerprint density at radius 3 is 1.06 bits per heavy atom. The van der Waals surface area contributed by atoms with Crippen LogP contribution in [0, 0.1) is 33.3 Å². The Balaban J connectivity index is -0.0000000214. The molecular formula is C9H8O6W. The van der Waals surface area contributed by atoms with Crippen molar-refractivity contribution in [2.45, 2.75) is 13.8 Å². The minimum absolute atomic E-state index is 0.815. The van der Waals surface area contributed by atoms with E-state index in [0.717, 1.165) is 10.7 Å². The quantitative estimate of drug-likeness (QED) is 0.493. The molecule has 0 spiro atoms. The van der Waals surface area contributed by atoms with Gasteiger partial charge in [0, 0.05) is 0 Å². The third-order valence-corrected chi connectivity index (χ3v) is 0.771. The molecular weight excluding hydrogens is 388 g/mol. The van der Waals surface area contributed by atoms with E-state index in [4.69, 9.17) is 28.0 Å². The van der Waals surface area contributed by atoms with Gasteiger partial charge in [-0.2, -0.15) is 0 Å². The Hall–Kier alpha value is -0.782. The monoisotopic (exact) mass is 396 g/mol. The molecule has 0 aliphatic carbocycles. The van der Waals surface area contributed by atoms with E-state index in [-0.39, 0.29) is 0 Å². The fraction of sp³-hybridized carbons (Fsp3) is 0.333. The molecule has 16 heavy (non-hydrogen) atoms. The summed E-state index contributed by atoms with van der Waals surface area (Å²) in [5.74, 6) is 0. The van der Waals surface area contributed by atoms with Gasteiger partial charge in [-0.1, -0.05) is 0 Å². The van der Waals surface area contributed by atoms with Crippen LogP contribution in [0.2, 0.25) is 0 Å². The molecule has 0 aromatic heterocycles. The zero-order valence-corrected chi connectivity index (χ0v) is 11.5. The Kier molecular flexibility index (Phi) is 316. The van der Waals surface area contributed by atoms with E-state index in [1.165, 1.54) is 19.4 Å². The van der Waals surface area contributed by atoms with Crippen LogP contribution in [0.25, 0.3) is 0 Å². The van der Waals surface area contributed by atoms with Crippen LogP contribution in [0.1, 0.15) is 13.8 Å². The normalized spacial score (nSPS) is 3.75. The first-order valence-electron chi connectivity index (χ1n) is 2.92. The third kappa shape index (κ3) is 401. The summed E-state index contributed by atoms with van der Waals surface area (Å²) in [6.07, 6.45) is 0. The van der Waals surface area contributed by atoms with Crippen molar-refractivity contribution < 1.29 is 47.4 Å². The second-order valence-corrected chi connectivity index (χ2v) is 2.99. The molecule has 7 heteroatoms. The summed E-state index contributed by atoms with van der Waals surface area (Å²) in [4.78, 5) is 0. The van der Waals surface area contributed by atoms with Crippen molar-refractivity contribution in [3.63, 3.8) is 0 Å². The molecule has 0 aromatic rings. The summed E-state index contributed by atoms with van der Waals surface area (Å²) >= 11 is 1.42. The first-order chi connectivity index (χ1) is 7.77. The van der Waals surface area contributed by atoms with Crippen LogP contribution in [-0.2, 0) is 47.4 Å². The fourth-order valence-corrected chi connectivity index (χ4v) is 0.627. The number of hydrogen-bond donors (Lipinski definition) is 0. The summed E-state index contributed by atoms with van der Waals surface area (Å²) in [6.45, 7) is 27.3. The molecule has 0 fully saturated rings. The van der Waals surface area contributed by atoms with Crippen molar-refractivity contribution in [1.29, 1.82) is 0 Å². The van der Waals surface area contributed by atoms with Crippen LogP contribution in [0.4, 0.5) is 0 Å². The maximum atomic E-state index is 7.50. The average molecular weight is 396 g/mol. The van der Waals surface area contributed by atoms with E-state index in [1.54, 1.807) is 0 Å². The first kappa shape index (κ1) is 36.2. The van der Waals surface area contributed by atoms with Crippen molar-refractivity contribution in [2.24, 2.45) is 0 Å². The van der Waals surface area contributed by atoms with E-state index >= 15 is 0 Å². The summed E-state index contributed by atoms with van der Waals surface area (Å²) in [5.41, 5.74) is 0. The van der Waals surface area contributed by atoms with Gasteiger partial charge in [0.1, 0.15) is 0 Å². The molecule has 86 valence electrons. The molecule has 0 radical (unpaired) electrons. The Morgan fingerprint density at radius 1 is 0.875 bits per heavy atom. The van der Waals surface area contributed by atoms with Crippen LogP contribution >= 0.6 is 0 Å². The Bertz CT molecular complexity index is 165. The van der Waals surface area contributed by atoms with Gasteiger partial charge in [0.05, 0.1) is 0 Å². The van der Waals surface area contributed by atoms with Crippen molar-refractivity contribution >= 4 is 4.08 Å². The molecule has 0 unspecified atom stereocenters. The SMILES string of the molecule is CCO[C](C)=[W].[C-]#[O+].[C-]#[O+].[C-]#[O+].[C-]#[O+].[C-]#[O+]. The van der Waals surface area contributed by atoms with Crippen molar-refractivity contribution in [1.82, 2.24) is 0 Å². The van der Waals surface area contributed by atoms with Gasteiger partial charge in [0.15, 0.2) is 0 Å². The molecule has 0 aliphatic heterocycles. The summed E-state index contributed by atoms with van der Waals surface area (Å²) in [5, 5.41) is 0. The fourth-order valence-electron chi connectivity index (χ4n) is 0.203. The van der Waals surface area contributed by atoms with Gasteiger partial charge in [-0.3, -0.25) is 0 Å². The van der Waals surface area contributed by atoms with Gasteiger partial charge in [0.2, 0.25) is 0 Å². The minimum atomic E-state index is 0.815. The van der Waals surface area contributed by atoms with Crippen LogP contribution < -0.4 is 0 Å². The molecule has 0 rings (SSSR count). The topological polar surface area (TPSA) is 109 Å². The second kappa shape index (κ2) is 140. The molecule has 0 atom stereocenters. The molecule has 0 amide bonds. The number of hydrogen-bond acceptors (Lipinski definition) is 1. The van der Waals surface area contributed by atoms with Crippen molar-refractivity contribution in [3.8, 4) is 0 Å². The van der Waals surface area contributed by atoms with Gasteiger partial charge >= 0.3 is 105 Å². The molecule has 0 aromatic carbocycles. The van der Waals surface area contributed by atoms with Crippen LogP contribution in [0.15, 0.2) is 0 Å². The molecule has 0 heterocycles. The summed E-state index contributed by atoms with van der Waals surface area (Å²) in [7, 11) is 0. The standard InChI is InChI=1S/C4H8O.5CO.W/c1-3-5-4-2;5*1-2;/h3H2,1-2H3;;;;;;. The first-order valence-corrected chi connectivity index (χ1v) is 4.39. The van der Waals surface area contributed by atoms with Crippen LogP contribution in [0.5, 0.6) is 0 Å². The molecule has 0 N–H and O–H groups in total. The van der Waals surface area contributed by atoms with Crippen molar-refractivity contribution in [3.05, 3.63) is 33.3 Å². The molecule has 0 saturated heterocycles. The number of rotatable bonds is 2. The zero-order chi connectivity index (χ0) is 15.0. The average Bonchev–Trinajstić information content (AvgIpc) is 2.41. The maximum absolute atomic E-state index is 7.50. The molecule has 0 saturated carbocycles. The molecule has 6 nitrogen and oxygen atoms in total. The second-order valence-electron chi connectivity index (χ2n) is 0.925. The van der Waals surface area contributed by atoms with E-state index in [9.17, 15) is 0 Å². The van der Waals surface area contributed by atoms with Crippen LogP contribution in [-0.4, -0.2) is 10.7 Å². The van der Waals surface area contributed by atoms with E-state index in [0.29, 0.717) is 0 Å². The molecule has 0 aliphatic rings. The van der Waals surface area contributed by atoms with E-state index in [1.807, 2.05) is 13.8 Å².